The highest BCUT2D eigenvalue weighted by Gasteiger charge is 2.41. The van der Waals surface area contributed by atoms with Crippen LogP contribution >= 0.6 is 0 Å². The Kier molecular flexibility index (Phi) is 4.06. The van der Waals surface area contributed by atoms with E-state index in [1.807, 2.05) is 6.92 Å². The van der Waals surface area contributed by atoms with Crippen molar-refractivity contribution >= 4 is 17.5 Å². The van der Waals surface area contributed by atoms with Crippen LogP contribution in [0.4, 0.5) is 5.69 Å². The highest BCUT2D eigenvalue weighted by molar-refractivity contribution is 5.99. The molecule has 1 saturated heterocycles. The van der Waals surface area contributed by atoms with E-state index >= 15 is 0 Å². The molecule has 1 aliphatic rings. The van der Waals surface area contributed by atoms with Crippen molar-refractivity contribution in [3.63, 3.8) is 0 Å². The number of nitrogens with two attached hydrogens (primary N) is 2. The molecule has 0 radical (unpaired) electrons. The Morgan fingerprint density at radius 1 is 1.43 bits per heavy atom. The number of likely N-dealkylation sites (tertiary alicyclic amines) is 1. The van der Waals surface area contributed by atoms with Gasteiger partial charge in [0.15, 0.2) is 5.75 Å². The maximum absolute atomic E-state index is 12.6. The van der Waals surface area contributed by atoms with E-state index in [1.165, 1.54) is 0 Å². The first-order chi connectivity index (χ1) is 9.89. The quantitative estimate of drug-likeness (QED) is 0.809. The van der Waals surface area contributed by atoms with E-state index in [2.05, 4.69) is 0 Å². The molecule has 114 valence electrons. The molecule has 1 aromatic carbocycles. The fourth-order valence-corrected chi connectivity index (χ4v) is 2.53. The van der Waals surface area contributed by atoms with Crippen molar-refractivity contribution in [2.24, 2.45) is 11.1 Å². The van der Waals surface area contributed by atoms with Gasteiger partial charge in [0.05, 0.1) is 23.3 Å². The second-order valence-corrected chi connectivity index (χ2v) is 5.56. The van der Waals surface area contributed by atoms with Gasteiger partial charge in [-0.05, 0) is 32.4 Å². The molecule has 0 aliphatic carbocycles. The molecular formula is C15H21N3O3. The second-order valence-electron chi connectivity index (χ2n) is 5.56. The van der Waals surface area contributed by atoms with Gasteiger partial charge in [0.25, 0.3) is 5.91 Å². The summed E-state index contributed by atoms with van der Waals surface area (Å²) in [6.07, 6.45) is 0.570. The summed E-state index contributed by atoms with van der Waals surface area (Å²) in [6.45, 7) is 4.86. The molecule has 0 spiro atoms. The van der Waals surface area contributed by atoms with Crippen LogP contribution in [0.15, 0.2) is 18.2 Å². The summed E-state index contributed by atoms with van der Waals surface area (Å²) < 4.78 is 5.48. The number of rotatable bonds is 4. The Morgan fingerprint density at radius 3 is 2.71 bits per heavy atom. The number of para-hydroxylation sites is 1. The van der Waals surface area contributed by atoms with E-state index in [0.717, 1.165) is 0 Å². The van der Waals surface area contributed by atoms with Crippen LogP contribution in [0.2, 0.25) is 0 Å². The van der Waals surface area contributed by atoms with Crippen molar-refractivity contribution in [3.05, 3.63) is 23.8 Å². The Hall–Kier alpha value is -2.24. The van der Waals surface area contributed by atoms with Gasteiger partial charge in [-0.3, -0.25) is 9.59 Å². The number of primary amides is 1. The summed E-state index contributed by atoms with van der Waals surface area (Å²) in [5, 5.41) is 0. The van der Waals surface area contributed by atoms with Gasteiger partial charge in [0.2, 0.25) is 5.91 Å². The van der Waals surface area contributed by atoms with Crippen molar-refractivity contribution in [1.29, 1.82) is 0 Å². The summed E-state index contributed by atoms with van der Waals surface area (Å²) in [4.78, 5) is 25.8. The van der Waals surface area contributed by atoms with Crippen molar-refractivity contribution in [2.45, 2.75) is 20.3 Å². The molecule has 6 heteroatoms. The third-order valence-electron chi connectivity index (χ3n) is 3.92. The minimum Gasteiger partial charge on any atom is -0.491 e. The lowest BCUT2D eigenvalue weighted by Crippen LogP contribution is -2.38. The number of benzene rings is 1. The largest absolute Gasteiger partial charge is 0.491 e. The van der Waals surface area contributed by atoms with Crippen molar-refractivity contribution in [1.82, 2.24) is 4.90 Å². The Labute approximate surface area is 124 Å². The smallest absolute Gasteiger partial charge is 0.257 e. The molecule has 1 heterocycles. The molecule has 6 nitrogen and oxygen atoms in total. The number of ether oxygens (including phenoxy) is 1. The molecule has 0 aromatic heterocycles. The van der Waals surface area contributed by atoms with Crippen LogP contribution < -0.4 is 16.2 Å². The van der Waals surface area contributed by atoms with Gasteiger partial charge < -0.3 is 21.1 Å². The monoisotopic (exact) mass is 291 g/mol. The van der Waals surface area contributed by atoms with Crippen LogP contribution in [0, 0.1) is 5.41 Å². The van der Waals surface area contributed by atoms with Crippen LogP contribution in [0.25, 0.3) is 0 Å². The predicted octanol–water partition coefficient (Wildman–Crippen LogP) is 1.00. The van der Waals surface area contributed by atoms with Gasteiger partial charge in [-0.1, -0.05) is 6.07 Å². The number of amides is 2. The van der Waals surface area contributed by atoms with Crippen LogP contribution in [0.1, 0.15) is 30.6 Å². The predicted molar refractivity (Wildman–Crippen MR) is 79.8 cm³/mol. The third-order valence-corrected chi connectivity index (χ3v) is 3.92. The number of nitrogen functional groups attached to an aromatic ring is 1. The third kappa shape index (κ3) is 2.79. The minimum atomic E-state index is -0.665. The summed E-state index contributed by atoms with van der Waals surface area (Å²) in [6, 6.07) is 5.09. The molecule has 1 fully saturated rings. The van der Waals surface area contributed by atoms with Gasteiger partial charge in [-0.25, -0.2) is 0 Å². The van der Waals surface area contributed by atoms with E-state index < -0.39 is 5.41 Å². The molecule has 0 saturated carbocycles. The van der Waals surface area contributed by atoms with E-state index in [4.69, 9.17) is 16.2 Å². The van der Waals surface area contributed by atoms with E-state index in [1.54, 1.807) is 30.0 Å². The lowest BCUT2D eigenvalue weighted by Gasteiger charge is -2.22. The van der Waals surface area contributed by atoms with Crippen molar-refractivity contribution < 1.29 is 14.3 Å². The fourth-order valence-electron chi connectivity index (χ4n) is 2.53. The number of nitrogens with zero attached hydrogens (tertiary/aromatic N) is 1. The Morgan fingerprint density at radius 2 is 2.14 bits per heavy atom. The standard InChI is InChI=1S/C15H21N3O3/c1-3-21-12-10(5-4-6-11(12)16)13(19)18-8-7-15(2,9-18)14(17)20/h4-6H,3,7-9,16H2,1-2H3,(H2,17,20). The molecule has 2 amide bonds. The van der Waals surface area contributed by atoms with Crippen molar-refractivity contribution in [2.75, 3.05) is 25.4 Å². The normalized spacial score (nSPS) is 21.3. The molecule has 1 aliphatic heterocycles. The SMILES string of the molecule is CCOc1c(N)cccc1C(=O)N1CCC(C)(C(N)=O)C1. The van der Waals surface area contributed by atoms with Gasteiger partial charge in [-0.2, -0.15) is 0 Å². The number of hydrogen-bond donors (Lipinski definition) is 2. The second kappa shape index (κ2) is 5.63. The van der Waals surface area contributed by atoms with Crippen LogP contribution in [-0.4, -0.2) is 36.4 Å². The number of anilines is 1. The molecule has 4 N–H and O–H groups in total. The molecule has 21 heavy (non-hydrogen) atoms. The summed E-state index contributed by atoms with van der Waals surface area (Å²) in [5.41, 5.74) is 11.5. The Bertz CT molecular complexity index is 573. The highest BCUT2D eigenvalue weighted by Crippen LogP contribution is 2.33. The summed E-state index contributed by atoms with van der Waals surface area (Å²) in [7, 11) is 0. The molecule has 0 bridgehead atoms. The van der Waals surface area contributed by atoms with Crippen LogP contribution in [0.5, 0.6) is 5.75 Å². The zero-order chi connectivity index (χ0) is 15.6. The summed E-state index contributed by atoms with van der Waals surface area (Å²) in [5.74, 6) is -0.163. The zero-order valence-electron chi connectivity index (χ0n) is 12.4. The number of carbonyl (C=O) groups is 2. The number of carbonyl (C=O) groups excluding carboxylic acids is 2. The average molecular weight is 291 g/mol. The van der Waals surface area contributed by atoms with Gasteiger partial charge in [0.1, 0.15) is 0 Å². The Balaban J connectivity index is 2.26. The molecular weight excluding hydrogens is 270 g/mol. The first-order valence-electron chi connectivity index (χ1n) is 6.99. The first-order valence-corrected chi connectivity index (χ1v) is 6.99. The van der Waals surface area contributed by atoms with Crippen LogP contribution in [0.3, 0.4) is 0 Å². The number of hydrogen-bond acceptors (Lipinski definition) is 4. The summed E-state index contributed by atoms with van der Waals surface area (Å²) >= 11 is 0. The molecule has 1 unspecified atom stereocenters. The van der Waals surface area contributed by atoms with Gasteiger partial charge >= 0.3 is 0 Å². The minimum absolute atomic E-state index is 0.185. The van der Waals surface area contributed by atoms with Crippen molar-refractivity contribution in [3.8, 4) is 5.75 Å². The zero-order valence-corrected chi connectivity index (χ0v) is 12.4. The lowest BCUT2D eigenvalue weighted by molar-refractivity contribution is -0.126. The lowest BCUT2D eigenvalue weighted by atomic mass is 9.89. The van der Waals surface area contributed by atoms with Crippen LogP contribution in [-0.2, 0) is 4.79 Å². The van der Waals surface area contributed by atoms with Gasteiger partial charge in [-0.15, -0.1) is 0 Å². The molecule has 1 aromatic rings. The first kappa shape index (κ1) is 15.2. The van der Waals surface area contributed by atoms with E-state index in [-0.39, 0.29) is 11.8 Å². The molecule has 2 rings (SSSR count). The average Bonchev–Trinajstić information content (AvgIpc) is 2.84. The fraction of sp³-hybridized carbons (Fsp3) is 0.467. The topological polar surface area (TPSA) is 98.7 Å². The van der Waals surface area contributed by atoms with E-state index in [0.29, 0.717) is 43.1 Å². The molecule has 1 atom stereocenters. The maximum Gasteiger partial charge on any atom is 0.257 e. The highest BCUT2D eigenvalue weighted by atomic mass is 16.5. The van der Waals surface area contributed by atoms with Gasteiger partial charge in [0, 0.05) is 13.1 Å². The van der Waals surface area contributed by atoms with E-state index in [9.17, 15) is 9.59 Å². The maximum atomic E-state index is 12.6.